The van der Waals surface area contributed by atoms with E-state index in [-0.39, 0.29) is 36.7 Å². The van der Waals surface area contributed by atoms with Gasteiger partial charge in [-0.3, -0.25) is 19.4 Å². The van der Waals surface area contributed by atoms with Crippen molar-refractivity contribution < 1.29 is 34.1 Å². The quantitative estimate of drug-likeness (QED) is 0.318. The van der Waals surface area contributed by atoms with E-state index in [4.69, 9.17) is 4.74 Å². The summed E-state index contributed by atoms with van der Waals surface area (Å²) < 4.78 is 6.94. The third kappa shape index (κ3) is 3.20. The smallest absolute Gasteiger partial charge is 0.409 e. The molecule has 0 bridgehead atoms. The van der Waals surface area contributed by atoms with Gasteiger partial charge in [0, 0.05) is 17.4 Å². The van der Waals surface area contributed by atoms with E-state index >= 15 is 0 Å². The van der Waals surface area contributed by atoms with Gasteiger partial charge < -0.3 is 20.3 Å². The third-order valence-corrected chi connectivity index (χ3v) is 6.59. The molecular formula is C16H17N7O7S. The molecule has 0 spiro atoms. The van der Waals surface area contributed by atoms with Crippen LogP contribution < -0.4 is 5.32 Å². The molecule has 4 aliphatic rings. The number of β-lactam (4-membered cyclic amide) rings is 1. The number of ether oxygens (including phenoxy) is 1. The van der Waals surface area contributed by atoms with Crippen molar-refractivity contribution in [2.45, 2.75) is 48.8 Å². The number of thioether (sulfide) groups is 1. The number of nitrogens with zero attached hydrogens (tertiary/aromatic N) is 6. The highest BCUT2D eigenvalue weighted by molar-refractivity contribution is 7.99. The molecule has 0 radical (unpaired) electrons. The number of aliphatic carboxylic acids is 1. The summed E-state index contributed by atoms with van der Waals surface area (Å²) in [4.78, 5) is 49.8. The molecule has 3 aliphatic heterocycles. The number of hydrogen-bond acceptors (Lipinski definition) is 9. The standard InChI is InChI=1S/C16H17N7O7S/c24-8(17-6-1-2-6)3-22-15(18-19-20-22)31-4-7-9(14(26)27)23-10-11(13(23)25)21(16(28)29)5-30-12(7)10/h6,10-12H,1-5H2,(H,17,24)(H,26,27)(H,28,29)/t10-,11-,12?/m0/s1. The molecule has 3 N–H and O–H groups in total. The first-order valence-corrected chi connectivity index (χ1v) is 10.4. The average Bonchev–Trinajstić information content (AvgIpc) is 3.32. The number of aromatic nitrogens is 4. The summed E-state index contributed by atoms with van der Waals surface area (Å²) in [5.41, 5.74) is 0.141. The van der Waals surface area contributed by atoms with E-state index in [0.717, 1.165) is 34.4 Å². The van der Waals surface area contributed by atoms with E-state index in [1.807, 2.05) is 0 Å². The molecule has 31 heavy (non-hydrogen) atoms. The highest BCUT2D eigenvalue weighted by atomic mass is 32.2. The Morgan fingerprint density at radius 3 is 2.71 bits per heavy atom. The Kier molecular flexibility index (Phi) is 4.58. The molecule has 0 aromatic carbocycles. The van der Waals surface area contributed by atoms with Crippen LogP contribution in [-0.4, -0.2) is 101 Å². The topological polar surface area (TPSA) is 180 Å². The molecular weight excluding hydrogens is 434 g/mol. The Balaban J connectivity index is 1.33. The van der Waals surface area contributed by atoms with Gasteiger partial charge in [-0.1, -0.05) is 11.8 Å². The van der Waals surface area contributed by atoms with Crippen molar-refractivity contribution in [3.63, 3.8) is 0 Å². The van der Waals surface area contributed by atoms with Gasteiger partial charge in [-0.25, -0.2) is 14.3 Å². The Morgan fingerprint density at radius 2 is 2.03 bits per heavy atom. The zero-order chi connectivity index (χ0) is 21.9. The second kappa shape index (κ2) is 7.19. The molecule has 1 aromatic heterocycles. The summed E-state index contributed by atoms with van der Waals surface area (Å²) in [6, 6.07) is -1.48. The molecule has 3 atom stereocenters. The van der Waals surface area contributed by atoms with Crippen LogP contribution in [0.1, 0.15) is 12.8 Å². The summed E-state index contributed by atoms with van der Waals surface area (Å²) in [6.07, 6.45) is -0.139. The first kappa shape index (κ1) is 19.7. The van der Waals surface area contributed by atoms with Crippen LogP contribution in [0.3, 0.4) is 0 Å². The maximum Gasteiger partial charge on any atom is 0.409 e. The fraction of sp³-hybridized carbons (Fsp3) is 0.562. The molecule has 3 fully saturated rings. The van der Waals surface area contributed by atoms with E-state index in [2.05, 4.69) is 20.8 Å². The van der Waals surface area contributed by atoms with Crippen LogP contribution in [0, 0.1) is 0 Å². The lowest BCUT2D eigenvalue weighted by atomic mass is 9.89. The molecule has 4 heterocycles. The van der Waals surface area contributed by atoms with E-state index in [1.165, 1.54) is 4.68 Å². The minimum Gasteiger partial charge on any atom is -0.477 e. The molecule has 1 aliphatic carbocycles. The number of carbonyl (C=O) groups excluding carboxylic acids is 2. The van der Waals surface area contributed by atoms with Crippen LogP contribution >= 0.6 is 11.8 Å². The van der Waals surface area contributed by atoms with Gasteiger partial charge in [0.1, 0.15) is 31.1 Å². The summed E-state index contributed by atoms with van der Waals surface area (Å²) in [5.74, 6) is -2.01. The molecule has 3 amide bonds. The zero-order valence-corrected chi connectivity index (χ0v) is 16.7. The highest BCUT2D eigenvalue weighted by Gasteiger charge is 2.65. The van der Waals surface area contributed by atoms with E-state index in [1.54, 1.807) is 0 Å². The lowest BCUT2D eigenvalue weighted by Gasteiger charge is -2.51. The number of carboxylic acids is 1. The number of nitrogens with one attached hydrogen (secondary N) is 1. The number of amides is 3. The van der Waals surface area contributed by atoms with E-state index in [9.17, 15) is 29.4 Å². The minimum atomic E-state index is -1.31. The summed E-state index contributed by atoms with van der Waals surface area (Å²) in [5, 5.41) is 33.4. The van der Waals surface area contributed by atoms with E-state index < -0.39 is 36.2 Å². The van der Waals surface area contributed by atoms with Gasteiger partial charge in [0.15, 0.2) is 0 Å². The summed E-state index contributed by atoms with van der Waals surface area (Å²) in [7, 11) is 0. The number of carboxylic acid groups (broad SMARTS) is 2. The van der Waals surface area contributed by atoms with Crippen molar-refractivity contribution in [3.05, 3.63) is 11.3 Å². The van der Waals surface area contributed by atoms with Gasteiger partial charge in [0.25, 0.3) is 5.91 Å². The largest absolute Gasteiger partial charge is 0.477 e. The predicted octanol–water partition coefficient (Wildman–Crippen LogP) is -1.69. The molecule has 1 unspecified atom stereocenters. The van der Waals surface area contributed by atoms with Gasteiger partial charge in [-0.05, 0) is 23.3 Å². The molecule has 1 saturated carbocycles. The first-order valence-electron chi connectivity index (χ1n) is 9.45. The van der Waals surface area contributed by atoms with Gasteiger partial charge >= 0.3 is 12.1 Å². The Bertz CT molecular complexity index is 1020. The number of hydrogen-bond donors (Lipinski definition) is 3. The fourth-order valence-electron chi connectivity index (χ4n) is 4.05. The molecule has 15 heteroatoms. The zero-order valence-electron chi connectivity index (χ0n) is 15.9. The highest BCUT2D eigenvalue weighted by Crippen LogP contribution is 2.46. The predicted molar refractivity (Wildman–Crippen MR) is 98.4 cm³/mol. The second-order valence-electron chi connectivity index (χ2n) is 7.54. The maximum atomic E-state index is 12.5. The van der Waals surface area contributed by atoms with Crippen LogP contribution in [0.2, 0.25) is 0 Å². The third-order valence-electron chi connectivity index (χ3n) is 5.58. The number of carbonyl (C=O) groups is 4. The van der Waals surface area contributed by atoms with Crippen molar-refractivity contribution in [2.24, 2.45) is 0 Å². The molecule has 5 rings (SSSR count). The normalized spacial score (nSPS) is 26.6. The summed E-state index contributed by atoms with van der Waals surface area (Å²) in [6.45, 7) is -0.402. The van der Waals surface area contributed by atoms with Crippen molar-refractivity contribution in [1.82, 2.24) is 35.3 Å². The second-order valence-corrected chi connectivity index (χ2v) is 8.48. The van der Waals surface area contributed by atoms with Crippen LogP contribution in [0.5, 0.6) is 0 Å². The van der Waals surface area contributed by atoms with Crippen LogP contribution in [0.15, 0.2) is 16.4 Å². The Labute approximate surface area is 178 Å². The Morgan fingerprint density at radius 1 is 1.26 bits per heavy atom. The van der Waals surface area contributed by atoms with E-state index in [0.29, 0.717) is 10.7 Å². The molecule has 164 valence electrons. The molecule has 1 aromatic rings. The van der Waals surface area contributed by atoms with Gasteiger partial charge in [-0.15, -0.1) is 5.10 Å². The summed E-state index contributed by atoms with van der Waals surface area (Å²) >= 11 is 1.11. The van der Waals surface area contributed by atoms with Crippen molar-refractivity contribution in [1.29, 1.82) is 0 Å². The number of tetrazole rings is 1. The van der Waals surface area contributed by atoms with Crippen molar-refractivity contribution in [3.8, 4) is 0 Å². The maximum absolute atomic E-state index is 12.5. The lowest BCUT2D eigenvalue weighted by molar-refractivity contribution is -0.182. The van der Waals surface area contributed by atoms with Crippen LogP contribution in [0.25, 0.3) is 0 Å². The van der Waals surface area contributed by atoms with Crippen molar-refractivity contribution in [2.75, 3.05) is 12.5 Å². The number of rotatable bonds is 7. The van der Waals surface area contributed by atoms with Crippen LogP contribution in [0.4, 0.5) is 4.79 Å². The van der Waals surface area contributed by atoms with Gasteiger partial charge in [0.05, 0.1) is 6.04 Å². The molecule has 2 saturated heterocycles. The van der Waals surface area contributed by atoms with Crippen molar-refractivity contribution >= 4 is 35.6 Å². The van der Waals surface area contributed by atoms with Gasteiger partial charge in [0.2, 0.25) is 11.1 Å². The first-order chi connectivity index (χ1) is 14.9. The Hall–Kier alpha value is -3.20. The SMILES string of the molecule is O=C(Cn1nnnc1SCC1=C(C(=O)O)N2C(=O)[C@@H]3[C@H]2C1OCN3C(=O)O)NC1CC1. The lowest BCUT2D eigenvalue weighted by Crippen LogP contribution is -2.75. The monoisotopic (exact) mass is 451 g/mol. The van der Waals surface area contributed by atoms with Gasteiger partial charge in [-0.2, -0.15) is 0 Å². The fourth-order valence-corrected chi connectivity index (χ4v) is 4.98. The average molecular weight is 451 g/mol. The molecule has 14 nitrogen and oxygen atoms in total. The van der Waals surface area contributed by atoms with Crippen LogP contribution in [-0.2, 0) is 25.7 Å². The minimum absolute atomic E-state index is 0.0700.